The van der Waals surface area contributed by atoms with Crippen molar-refractivity contribution in [1.29, 1.82) is 0 Å². The van der Waals surface area contributed by atoms with E-state index in [1.54, 1.807) is 7.11 Å². The molecule has 0 saturated carbocycles. The zero-order chi connectivity index (χ0) is 19.5. The van der Waals surface area contributed by atoms with Crippen LogP contribution in [0, 0.1) is 0 Å². The highest BCUT2D eigenvalue weighted by atomic mass is 16.5. The van der Waals surface area contributed by atoms with Gasteiger partial charge in [-0.2, -0.15) is 0 Å². The third-order valence-electron chi connectivity index (χ3n) is 5.35. The van der Waals surface area contributed by atoms with E-state index in [4.69, 9.17) is 4.74 Å². The Morgan fingerprint density at radius 1 is 1.00 bits per heavy atom. The van der Waals surface area contributed by atoms with Crippen molar-refractivity contribution in [3.05, 3.63) is 66.7 Å². The number of amides is 2. The molecule has 1 aliphatic heterocycles. The van der Waals surface area contributed by atoms with E-state index in [9.17, 15) is 4.79 Å². The lowest BCUT2D eigenvalue weighted by atomic mass is 10.1. The van der Waals surface area contributed by atoms with Gasteiger partial charge in [-0.05, 0) is 42.6 Å². The van der Waals surface area contributed by atoms with E-state index >= 15 is 0 Å². The number of hydrogen-bond donors (Lipinski definition) is 1. The van der Waals surface area contributed by atoms with Crippen LogP contribution in [0.2, 0.25) is 0 Å². The van der Waals surface area contributed by atoms with Gasteiger partial charge in [-0.1, -0.05) is 36.4 Å². The Bertz CT molecular complexity index is 966. The molecule has 28 heavy (non-hydrogen) atoms. The quantitative estimate of drug-likeness (QED) is 0.728. The van der Waals surface area contributed by atoms with Crippen molar-refractivity contribution < 1.29 is 9.53 Å². The van der Waals surface area contributed by atoms with Crippen molar-refractivity contribution >= 4 is 28.2 Å². The monoisotopic (exact) mass is 375 g/mol. The molecule has 2 amide bonds. The van der Waals surface area contributed by atoms with Gasteiger partial charge in [0.1, 0.15) is 5.75 Å². The molecule has 0 aliphatic carbocycles. The molecule has 1 heterocycles. The Hall–Kier alpha value is -3.21. The Morgan fingerprint density at radius 2 is 1.75 bits per heavy atom. The summed E-state index contributed by atoms with van der Waals surface area (Å²) in [5, 5.41) is 5.28. The summed E-state index contributed by atoms with van der Waals surface area (Å²) in [7, 11) is 1.67. The van der Waals surface area contributed by atoms with Crippen molar-refractivity contribution in [2.45, 2.75) is 13.0 Å². The van der Waals surface area contributed by atoms with Crippen molar-refractivity contribution in [2.75, 3.05) is 37.0 Å². The van der Waals surface area contributed by atoms with Crippen molar-refractivity contribution in [2.24, 2.45) is 0 Å². The van der Waals surface area contributed by atoms with Gasteiger partial charge in [-0.25, -0.2) is 4.79 Å². The van der Waals surface area contributed by atoms with Gasteiger partial charge in [0.2, 0.25) is 0 Å². The first kappa shape index (κ1) is 18.2. The minimum atomic E-state index is -0.0439. The summed E-state index contributed by atoms with van der Waals surface area (Å²) < 4.78 is 5.24. The predicted molar refractivity (Wildman–Crippen MR) is 114 cm³/mol. The molecule has 1 unspecified atom stereocenters. The summed E-state index contributed by atoms with van der Waals surface area (Å²) in [5.41, 5.74) is 2.01. The standard InChI is InChI=1S/C23H25N3O2/c1-17-16-25(14-15-26(17)19-10-12-20(28-2)13-11-19)23(27)24-22-9-5-7-18-6-3-4-8-21(18)22/h3-13,17H,14-16H2,1-2H3,(H,24,27). The maximum Gasteiger partial charge on any atom is 0.321 e. The normalized spacial score (nSPS) is 16.9. The van der Waals surface area contributed by atoms with Crippen LogP contribution in [0.15, 0.2) is 66.7 Å². The Balaban J connectivity index is 1.44. The maximum atomic E-state index is 12.9. The van der Waals surface area contributed by atoms with Gasteiger partial charge in [0.25, 0.3) is 0 Å². The zero-order valence-corrected chi connectivity index (χ0v) is 16.3. The summed E-state index contributed by atoms with van der Waals surface area (Å²) in [6, 6.07) is 22.4. The van der Waals surface area contributed by atoms with E-state index in [2.05, 4.69) is 41.4 Å². The van der Waals surface area contributed by atoms with Crippen molar-refractivity contribution in [1.82, 2.24) is 4.90 Å². The number of nitrogens with zero attached hydrogens (tertiary/aromatic N) is 2. The van der Waals surface area contributed by atoms with Crippen molar-refractivity contribution in [3.63, 3.8) is 0 Å². The van der Waals surface area contributed by atoms with Crippen LogP contribution >= 0.6 is 0 Å². The molecular formula is C23H25N3O2. The van der Waals surface area contributed by atoms with Gasteiger partial charge in [0.15, 0.2) is 0 Å². The maximum absolute atomic E-state index is 12.9. The van der Waals surface area contributed by atoms with Gasteiger partial charge in [0, 0.05) is 36.7 Å². The van der Waals surface area contributed by atoms with E-state index in [1.807, 2.05) is 47.4 Å². The highest BCUT2D eigenvalue weighted by molar-refractivity contribution is 6.01. The highest BCUT2D eigenvalue weighted by Gasteiger charge is 2.27. The Labute approximate surface area is 165 Å². The number of fused-ring (bicyclic) bond motifs is 1. The Morgan fingerprint density at radius 3 is 2.50 bits per heavy atom. The van der Waals surface area contributed by atoms with Crippen molar-refractivity contribution in [3.8, 4) is 5.75 Å². The van der Waals surface area contributed by atoms with Gasteiger partial charge in [-0.3, -0.25) is 0 Å². The molecule has 3 aromatic carbocycles. The number of anilines is 2. The lowest BCUT2D eigenvalue weighted by molar-refractivity contribution is 0.200. The molecule has 0 aromatic heterocycles. The fourth-order valence-corrected chi connectivity index (χ4v) is 3.83. The number of ether oxygens (including phenoxy) is 1. The number of urea groups is 1. The molecule has 0 radical (unpaired) electrons. The smallest absolute Gasteiger partial charge is 0.321 e. The molecule has 1 aliphatic rings. The van der Waals surface area contributed by atoms with E-state index < -0.39 is 0 Å². The molecule has 1 atom stereocenters. The summed E-state index contributed by atoms with van der Waals surface area (Å²) in [4.78, 5) is 17.1. The first-order valence-electron chi connectivity index (χ1n) is 9.60. The SMILES string of the molecule is COc1ccc(N2CCN(C(=O)Nc3cccc4ccccc34)CC2C)cc1. The molecule has 3 aromatic rings. The molecule has 1 fully saturated rings. The van der Waals surface area contributed by atoms with Gasteiger partial charge in [-0.15, -0.1) is 0 Å². The lowest BCUT2D eigenvalue weighted by Gasteiger charge is -2.41. The minimum absolute atomic E-state index is 0.0439. The number of nitrogens with one attached hydrogen (secondary N) is 1. The highest BCUT2D eigenvalue weighted by Crippen LogP contribution is 2.25. The van der Waals surface area contributed by atoms with Crippen LogP contribution in [-0.4, -0.2) is 43.7 Å². The molecule has 144 valence electrons. The summed E-state index contributed by atoms with van der Waals surface area (Å²) in [6.07, 6.45) is 0. The van der Waals surface area contributed by atoms with Crippen LogP contribution < -0.4 is 15.0 Å². The number of methoxy groups -OCH3 is 1. The minimum Gasteiger partial charge on any atom is -0.497 e. The number of rotatable bonds is 3. The number of carbonyl (C=O) groups is 1. The predicted octanol–water partition coefficient (Wildman–Crippen LogP) is 4.59. The van der Waals surface area contributed by atoms with Crippen LogP contribution in [-0.2, 0) is 0 Å². The molecule has 1 saturated heterocycles. The van der Waals surface area contributed by atoms with Gasteiger partial charge >= 0.3 is 6.03 Å². The number of carbonyl (C=O) groups excluding carboxylic acids is 1. The molecule has 5 heteroatoms. The van der Waals surface area contributed by atoms with Crippen LogP contribution in [0.3, 0.4) is 0 Å². The lowest BCUT2D eigenvalue weighted by Crippen LogP contribution is -2.54. The topological polar surface area (TPSA) is 44.8 Å². The first-order chi connectivity index (χ1) is 13.7. The zero-order valence-electron chi connectivity index (χ0n) is 16.3. The fraction of sp³-hybridized carbons (Fsp3) is 0.261. The first-order valence-corrected chi connectivity index (χ1v) is 9.60. The molecule has 0 bridgehead atoms. The average Bonchev–Trinajstić information content (AvgIpc) is 2.74. The number of piperazine rings is 1. The van der Waals surface area contributed by atoms with Crippen LogP contribution in [0.25, 0.3) is 10.8 Å². The summed E-state index contributed by atoms with van der Waals surface area (Å²) in [5.74, 6) is 0.851. The van der Waals surface area contributed by atoms with E-state index in [0.29, 0.717) is 13.1 Å². The van der Waals surface area contributed by atoms with Crippen LogP contribution in [0.1, 0.15) is 6.92 Å². The third kappa shape index (κ3) is 3.60. The van der Waals surface area contributed by atoms with Crippen LogP contribution in [0.4, 0.5) is 16.2 Å². The molecule has 1 N–H and O–H groups in total. The largest absolute Gasteiger partial charge is 0.497 e. The molecule has 4 rings (SSSR count). The third-order valence-corrected chi connectivity index (χ3v) is 5.35. The van der Waals surface area contributed by atoms with Gasteiger partial charge < -0.3 is 19.9 Å². The van der Waals surface area contributed by atoms with E-state index in [-0.39, 0.29) is 12.1 Å². The summed E-state index contributed by atoms with van der Waals surface area (Å²) >= 11 is 0. The van der Waals surface area contributed by atoms with Gasteiger partial charge in [0.05, 0.1) is 12.8 Å². The molecule has 5 nitrogen and oxygen atoms in total. The Kier molecular flexibility index (Phi) is 5.06. The second-order valence-electron chi connectivity index (χ2n) is 7.14. The second kappa shape index (κ2) is 7.80. The summed E-state index contributed by atoms with van der Waals surface area (Å²) in [6.45, 7) is 4.33. The molecule has 0 spiro atoms. The van der Waals surface area contributed by atoms with Crippen LogP contribution in [0.5, 0.6) is 5.75 Å². The second-order valence-corrected chi connectivity index (χ2v) is 7.14. The van der Waals surface area contributed by atoms with E-state index in [1.165, 1.54) is 0 Å². The fourth-order valence-electron chi connectivity index (χ4n) is 3.83. The number of benzene rings is 3. The average molecular weight is 375 g/mol. The molecular weight excluding hydrogens is 350 g/mol. The number of hydrogen-bond acceptors (Lipinski definition) is 3. The van der Waals surface area contributed by atoms with E-state index in [0.717, 1.165) is 34.4 Å².